The number of carbonyl (C=O) groups is 2. The van der Waals surface area contributed by atoms with E-state index in [0.717, 1.165) is 6.42 Å². The van der Waals surface area contributed by atoms with E-state index in [1.807, 2.05) is 6.92 Å². The number of unbranched alkanes of at least 4 members (excludes halogenated alkanes) is 1. The molecule has 0 saturated heterocycles. The van der Waals surface area contributed by atoms with Gasteiger partial charge in [-0.05, 0) is 37.8 Å². The van der Waals surface area contributed by atoms with Crippen molar-refractivity contribution in [2.24, 2.45) is 0 Å². The van der Waals surface area contributed by atoms with Crippen molar-refractivity contribution in [2.75, 3.05) is 6.61 Å². The quantitative estimate of drug-likeness (QED) is 0.363. The van der Waals surface area contributed by atoms with E-state index in [0.29, 0.717) is 49.0 Å². The Balaban J connectivity index is 2.79. The van der Waals surface area contributed by atoms with E-state index in [2.05, 4.69) is 11.8 Å². The predicted molar refractivity (Wildman–Crippen MR) is 80.7 cm³/mol. The van der Waals surface area contributed by atoms with Gasteiger partial charge in [-0.1, -0.05) is 19.3 Å². The topological polar surface area (TPSA) is 63.6 Å². The summed E-state index contributed by atoms with van der Waals surface area (Å²) >= 11 is 0. The minimum absolute atomic E-state index is 0.0163. The normalized spacial score (nSPS) is 9.62. The van der Waals surface area contributed by atoms with Crippen LogP contribution in [0.25, 0.3) is 0 Å². The molecule has 0 amide bonds. The number of Topliss-reactive ketones (excluding diaryl/α,β-unsaturated/α-hetero) is 1. The summed E-state index contributed by atoms with van der Waals surface area (Å²) in [6, 6.07) is 3.30. The van der Waals surface area contributed by atoms with Crippen LogP contribution in [0, 0.1) is 11.8 Å². The first-order valence-corrected chi connectivity index (χ1v) is 7.02. The Morgan fingerprint density at radius 3 is 2.81 bits per heavy atom. The Bertz CT molecular complexity index is 564. The van der Waals surface area contributed by atoms with Crippen molar-refractivity contribution >= 4 is 12.1 Å². The van der Waals surface area contributed by atoms with Gasteiger partial charge in [0.15, 0.2) is 12.1 Å². The van der Waals surface area contributed by atoms with Gasteiger partial charge in [-0.2, -0.15) is 0 Å². The monoisotopic (exact) mass is 288 g/mol. The molecule has 4 nitrogen and oxygen atoms in total. The summed E-state index contributed by atoms with van der Waals surface area (Å²) in [5.41, 5.74) is 0.992. The lowest BCUT2D eigenvalue weighted by Gasteiger charge is -2.14. The molecule has 0 spiro atoms. The zero-order valence-electron chi connectivity index (χ0n) is 12.4. The summed E-state index contributed by atoms with van der Waals surface area (Å²) < 4.78 is 5.66. The van der Waals surface area contributed by atoms with Crippen LogP contribution in [-0.2, 0) is 11.2 Å². The number of benzene rings is 1. The largest absolute Gasteiger partial charge is 0.507 e. The first-order valence-electron chi connectivity index (χ1n) is 7.02. The summed E-state index contributed by atoms with van der Waals surface area (Å²) in [6.07, 6.45) is 3.34. The average Bonchev–Trinajstić information content (AvgIpc) is 2.45. The van der Waals surface area contributed by atoms with Crippen LogP contribution in [0.3, 0.4) is 0 Å². The molecule has 0 fully saturated rings. The highest BCUT2D eigenvalue weighted by molar-refractivity contribution is 5.97. The molecule has 1 N–H and O–H groups in total. The molecular formula is C17H20O4. The smallest absolute Gasteiger partial charge is 0.192 e. The number of ketones is 1. The lowest BCUT2D eigenvalue weighted by molar-refractivity contribution is -0.103. The number of aromatic hydroxyl groups is 1. The van der Waals surface area contributed by atoms with Gasteiger partial charge < -0.3 is 9.84 Å². The lowest BCUT2D eigenvalue weighted by Crippen LogP contribution is -2.03. The molecule has 0 unspecified atom stereocenters. The molecule has 1 aromatic carbocycles. The van der Waals surface area contributed by atoms with Gasteiger partial charge in [0.2, 0.25) is 0 Å². The van der Waals surface area contributed by atoms with E-state index >= 15 is 0 Å². The molecule has 4 heteroatoms. The standard InChI is InChI=1S/C17H20O4/c1-3-8-15-16(21-12-7-5-4-6-11-18)10-9-14(13(2)19)17(15)20/h9-11,20H,3,5,7-8,12H2,1-2H3. The van der Waals surface area contributed by atoms with Gasteiger partial charge in [0.1, 0.15) is 11.5 Å². The molecule has 0 aliphatic rings. The Labute approximate surface area is 125 Å². The number of aldehydes is 1. The molecule has 1 aromatic rings. The third-order valence-corrected chi connectivity index (χ3v) is 2.98. The number of hydrogen-bond donors (Lipinski definition) is 1. The fourth-order valence-electron chi connectivity index (χ4n) is 1.99. The highest BCUT2D eigenvalue weighted by Crippen LogP contribution is 2.33. The molecule has 1 rings (SSSR count). The van der Waals surface area contributed by atoms with Crippen LogP contribution in [0.4, 0.5) is 0 Å². The van der Waals surface area contributed by atoms with Crippen molar-refractivity contribution in [3.8, 4) is 23.3 Å². The molecule has 0 aliphatic carbocycles. The number of rotatable bonds is 7. The van der Waals surface area contributed by atoms with Crippen molar-refractivity contribution in [3.05, 3.63) is 23.3 Å². The molecule has 0 bridgehead atoms. The number of ether oxygens (including phenoxy) is 1. The van der Waals surface area contributed by atoms with E-state index < -0.39 is 0 Å². The lowest BCUT2D eigenvalue weighted by atomic mass is 10.0. The van der Waals surface area contributed by atoms with E-state index in [9.17, 15) is 14.7 Å². The molecule has 112 valence electrons. The van der Waals surface area contributed by atoms with Crippen molar-refractivity contribution < 1.29 is 19.4 Å². The molecule has 0 saturated carbocycles. The summed E-state index contributed by atoms with van der Waals surface area (Å²) in [7, 11) is 0. The zero-order chi connectivity index (χ0) is 15.7. The van der Waals surface area contributed by atoms with Crippen molar-refractivity contribution in [1.82, 2.24) is 0 Å². The second-order valence-electron chi connectivity index (χ2n) is 4.64. The van der Waals surface area contributed by atoms with Crippen LogP contribution in [0.1, 0.15) is 49.0 Å². The molecule has 21 heavy (non-hydrogen) atoms. The van der Waals surface area contributed by atoms with Gasteiger partial charge in [-0.3, -0.25) is 9.59 Å². The number of phenols is 1. The van der Waals surface area contributed by atoms with Gasteiger partial charge in [0, 0.05) is 12.0 Å². The van der Waals surface area contributed by atoms with E-state index in [1.54, 1.807) is 12.1 Å². The van der Waals surface area contributed by atoms with Gasteiger partial charge >= 0.3 is 0 Å². The predicted octanol–water partition coefficient (Wildman–Crippen LogP) is 2.91. The fourth-order valence-corrected chi connectivity index (χ4v) is 1.99. The van der Waals surface area contributed by atoms with Gasteiger partial charge in [0.25, 0.3) is 0 Å². The number of phenolic OH excluding ortho intramolecular Hbond substituents is 1. The summed E-state index contributed by atoms with van der Waals surface area (Å²) in [6.45, 7) is 3.87. The molecule has 0 radical (unpaired) electrons. The number of carbonyl (C=O) groups excluding carboxylic acids is 2. The maximum Gasteiger partial charge on any atom is 0.192 e. The van der Waals surface area contributed by atoms with Gasteiger partial charge in [-0.25, -0.2) is 0 Å². The fraction of sp³-hybridized carbons (Fsp3) is 0.412. The van der Waals surface area contributed by atoms with E-state index in [1.165, 1.54) is 6.92 Å². The van der Waals surface area contributed by atoms with Crippen LogP contribution >= 0.6 is 0 Å². The van der Waals surface area contributed by atoms with Crippen LogP contribution < -0.4 is 4.74 Å². The van der Waals surface area contributed by atoms with Crippen LogP contribution in [0.2, 0.25) is 0 Å². The summed E-state index contributed by atoms with van der Waals surface area (Å²) in [5.74, 6) is 5.50. The SMILES string of the molecule is CCCc1c(OCCCC#CC=O)ccc(C(C)=O)c1O. The minimum Gasteiger partial charge on any atom is -0.507 e. The highest BCUT2D eigenvalue weighted by Gasteiger charge is 2.15. The Morgan fingerprint density at radius 1 is 1.43 bits per heavy atom. The van der Waals surface area contributed by atoms with Crippen molar-refractivity contribution in [1.29, 1.82) is 0 Å². The summed E-state index contributed by atoms with van der Waals surface area (Å²) in [4.78, 5) is 21.5. The van der Waals surface area contributed by atoms with Gasteiger partial charge in [0.05, 0.1) is 12.2 Å². The first kappa shape index (κ1) is 16.8. The molecule has 0 aliphatic heterocycles. The summed E-state index contributed by atoms with van der Waals surface area (Å²) in [5, 5.41) is 10.2. The molecule has 0 heterocycles. The highest BCUT2D eigenvalue weighted by atomic mass is 16.5. The zero-order valence-corrected chi connectivity index (χ0v) is 12.4. The Morgan fingerprint density at radius 2 is 2.19 bits per heavy atom. The third-order valence-electron chi connectivity index (χ3n) is 2.98. The first-order chi connectivity index (χ1) is 10.1. The number of hydrogen-bond acceptors (Lipinski definition) is 4. The Kier molecular flexibility index (Phi) is 7.03. The molecular weight excluding hydrogens is 268 g/mol. The van der Waals surface area contributed by atoms with Crippen molar-refractivity contribution in [2.45, 2.75) is 39.5 Å². The third kappa shape index (κ3) is 4.96. The maximum atomic E-state index is 11.5. The van der Waals surface area contributed by atoms with Crippen LogP contribution in [0.5, 0.6) is 11.5 Å². The van der Waals surface area contributed by atoms with Crippen LogP contribution in [-0.4, -0.2) is 23.8 Å². The van der Waals surface area contributed by atoms with E-state index in [-0.39, 0.29) is 11.5 Å². The van der Waals surface area contributed by atoms with Crippen molar-refractivity contribution in [3.63, 3.8) is 0 Å². The minimum atomic E-state index is -0.166. The van der Waals surface area contributed by atoms with Gasteiger partial charge in [-0.15, -0.1) is 0 Å². The Hall–Kier alpha value is -2.28. The molecule has 0 aromatic heterocycles. The second kappa shape index (κ2) is 8.80. The molecule has 0 atom stereocenters. The van der Waals surface area contributed by atoms with Crippen LogP contribution in [0.15, 0.2) is 12.1 Å². The average molecular weight is 288 g/mol. The van der Waals surface area contributed by atoms with E-state index in [4.69, 9.17) is 4.74 Å². The second-order valence-corrected chi connectivity index (χ2v) is 4.64. The maximum absolute atomic E-state index is 11.5.